The van der Waals surface area contributed by atoms with E-state index < -0.39 is 10.0 Å². The Balaban J connectivity index is 0.00000289. The summed E-state index contributed by atoms with van der Waals surface area (Å²) in [7, 11) is -1.70. The Bertz CT molecular complexity index is 1110. The van der Waals surface area contributed by atoms with Crippen molar-refractivity contribution in [1.29, 1.82) is 0 Å². The fourth-order valence-corrected chi connectivity index (χ4v) is 5.01. The van der Waals surface area contributed by atoms with Crippen LogP contribution in [-0.2, 0) is 22.3 Å². The van der Waals surface area contributed by atoms with Gasteiger partial charge in [-0.15, -0.1) is 24.0 Å². The molecular formula is C20H26IN7O3S. The third-order valence-electron chi connectivity index (χ3n) is 5.18. The fourth-order valence-electron chi connectivity index (χ4n) is 3.59. The van der Waals surface area contributed by atoms with Gasteiger partial charge in [0.25, 0.3) is 0 Å². The summed E-state index contributed by atoms with van der Waals surface area (Å²) in [6.45, 7) is 2.49. The Morgan fingerprint density at radius 1 is 1.19 bits per heavy atom. The molecule has 2 aromatic heterocycles. The number of benzene rings is 1. The second kappa shape index (κ2) is 10.9. The molecule has 1 saturated heterocycles. The van der Waals surface area contributed by atoms with Crippen molar-refractivity contribution in [3.05, 3.63) is 66.6 Å². The van der Waals surface area contributed by atoms with Crippen LogP contribution in [0, 0.1) is 0 Å². The molecule has 12 heteroatoms. The third-order valence-corrected chi connectivity index (χ3v) is 6.99. The van der Waals surface area contributed by atoms with E-state index in [1.165, 1.54) is 10.6 Å². The maximum Gasteiger partial charge on any atom is 0.220 e. The van der Waals surface area contributed by atoms with Crippen LogP contribution in [0.25, 0.3) is 5.69 Å². The van der Waals surface area contributed by atoms with Crippen LogP contribution in [0.3, 0.4) is 0 Å². The van der Waals surface area contributed by atoms with E-state index in [1.807, 2.05) is 29.0 Å². The first-order valence-electron chi connectivity index (χ1n) is 9.96. The average Bonchev–Trinajstić information content (AvgIpc) is 3.49. The Hall–Kier alpha value is -2.45. The van der Waals surface area contributed by atoms with Crippen LogP contribution < -0.4 is 5.32 Å². The van der Waals surface area contributed by atoms with Gasteiger partial charge in [0.15, 0.2) is 5.96 Å². The van der Waals surface area contributed by atoms with Gasteiger partial charge < -0.3 is 19.3 Å². The van der Waals surface area contributed by atoms with Crippen LogP contribution in [-0.4, -0.2) is 71.5 Å². The van der Waals surface area contributed by atoms with Crippen molar-refractivity contribution in [3.8, 4) is 5.69 Å². The highest BCUT2D eigenvalue weighted by atomic mass is 127. The van der Waals surface area contributed by atoms with Crippen LogP contribution in [0.2, 0.25) is 0 Å². The molecule has 0 unspecified atom stereocenters. The number of nitrogens with zero attached hydrogens (tertiary/aromatic N) is 6. The summed E-state index contributed by atoms with van der Waals surface area (Å²) in [5.41, 5.74) is 2.57. The number of hydrogen-bond acceptors (Lipinski definition) is 6. The van der Waals surface area contributed by atoms with Crippen molar-refractivity contribution in [1.82, 2.24) is 29.2 Å². The highest BCUT2D eigenvalue weighted by Gasteiger charge is 2.29. The smallest absolute Gasteiger partial charge is 0.220 e. The van der Waals surface area contributed by atoms with Gasteiger partial charge in [-0.1, -0.05) is 23.4 Å². The maximum absolute atomic E-state index is 12.6. The summed E-state index contributed by atoms with van der Waals surface area (Å²) in [5, 5.41) is 7.10. The zero-order valence-electron chi connectivity index (χ0n) is 17.7. The van der Waals surface area contributed by atoms with E-state index in [0.29, 0.717) is 38.4 Å². The number of hydrogen-bond donors (Lipinski definition) is 1. The molecule has 1 aromatic carbocycles. The molecule has 32 heavy (non-hydrogen) atoms. The van der Waals surface area contributed by atoms with E-state index >= 15 is 0 Å². The van der Waals surface area contributed by atoms with E-state index in [-0.39, 0.29) is 29.7 Å². The molecule has 4 rings (SSSR count). The molecular weight excluding hydrogens is 545 g/mol. The van der Waals surface area contributed by atoms with Crippen LogP contribution in [0.1, 0.15) is 11.3 Å². The minimum atomic E-state index is -3.43. The molecule has 1 N–H and O–H groups in total. The van der Waals surface area contributed by atoms with Crippen LogP contribution in [0.5, 0.6) is 0 Å². The lowest BCUT2D eigenvalue weighted by Crippen LogP contribution is -2.53. The second-order valence-corrected chi connectivity index (χ2v) is 9.10. The van der Waals surface area contributed by atoms with Gasteiger partial charge in [0, 0.05) is 58.2 Å². The van der Waals surface area contributed by atoms with Crippen molar-refractivity contribution in [2.45, 2.75) is 12.3 Å². The monoisotopic (exact) mass is 571 g/mol. The van der Waals surface area contributed by atoms with E-state index in [4.69, 9.17) is 4.52 Å². The summed E-state index contributed by atoms with van der Waals surface area (Å²) in [5.74, 6) is 0.593. The molecule has 1 aliphatic rings. The van der Waals surface area contributed by atoms with Gasteiger partial charge >= 0.3 is 0 Å². The lowest BCUT2D eigenvalue weighted by atomic mass is 10.1. The molecule has 0 bridgehead atoms. The number of halogens is 1. The Labute approximate surface area is 204 Å². The molecule has 172 valence electrons. The van der Waals surface area contributed by atoms with Gasteiger partial charge in [-0.05, 0) is 11.6 Å². The summed E-state index contributed by atoms with van der Waals surface area (Å²) in [6, 6.07) is 9.66. The molecule has 0 saturated carbocycles. The predicted octanol–water partition coefficient (Wildman–Crippen LogP) is 1.70. The molecule has 1 fully saturated rings. The molecule has 0 amide bonds. The molecule has 1 aliphatic heterocycles. The first-order chi connectivity index (χ1) is 15.1. The number of aromatic nitrogens is 3. The lowest BCUT2D eigenvalue weighted by Gasteiger charge is -2.35. The second-order valence-electron chi connectivity index (χ2n) is 7.13. The van der Waals surface area contributed by atoms with Crippen LogP contribution in [0.15, 0.2) is 64.8 Å². The minimum absolute atomic E-state index is 0. The molecule has 0 aliphatic carbocycles. The summed E-state index contributed by atoms with van der Waals surface area (Å²) in [4.78, 5) is 10.6. The minimum Gasteiger partial charge on any atom is -0.364 e. The first kappa shape index (κ1) is 24.2. The number of sulfonamides is 1. The van der Waals surface area contributed by atoms with E-state index in [2.05, 4.69) is 31.4 Å². The van der Waals surface area contributed by atoms with Crippen molar-refractivity contribution in [3.63, 3.8) is 0 Å². The standard InChI is InChI=1S/C20H25N7O3S.HI/c1-21-20(23-14-17-4-2-3-5-19(17)26-8-7-22-16-26)25-9-11-27(12-10-25)31(28,29)15-18-6-13-30-24-18;/h2-8,13,16H,9-12,14-15H2,1H3,(H,21,23);1H. The van der Waals surface area contributed by atoms with Crippen molar-refractivity contribution >= 4 is 40.0 Å². The number of aliphatic imine (C=N–C) groups is 1. The van der Waals surface area contributed by atoms with Crippen LogP contribution >= 0.6 is 24.0 Å². The largest absolute Gasteiger partial charge is 0.364 e. The first-order valence-corrected chi connectivity index (χ1v) is 11.6. The van der Waals surface area contributed by atoms with Crippen molar-refractivity contribution in [2.75, 3.05) is 33.2 Å². The van der Waals surface area contributed by atoms with E-state index in [9.17, 15) is 8.42 Å². The van der Waals surface area contributed by atoms with Crippen molar-refractivity contribution < 1.29 is 12.9 Å². The lowest BCUT2D eigenvalue weighted by molar-refractivity contribution is 0.259. The molecule has 0 radical (unpaired) electrons. The summed E-state index contributed by atoms with van der Waals surface area (Å²) < 4.78 is 33.5. The van der Waals surface area contributed by atoms with Crippen molar-refractivity contribution in [2.24, 2.45) is 4.99 Å². The van der Waals surface area contributed by atoms with E-state index in [1.54, 1.807) is 25.6 Å². The number of piperazine rings is 1. The topological polar surface area (TPSA) is 109 Å². The Morgan fingerprint density at radius 2 is 1.97 bits per heavy atom. The summed E-state index contributed by atoms with van der Waals surface area (Å²) in [6.07, 6.45) is 6.81. The zero-order valence-corrected chi connectivity index (χ0v) is 20.8. The van der Waals surface area contributed by atoms with Gasteiger partial charge in [-0.2, -0.15) is 4.31 Å². The SMILES string of the molecule is CN=C(NCc1ccccc1-n1ccnc1)N1CCN(S(=O)(=O)Cc2ccon2)CC1.I. The number of imidazole rings is 1. The molecule has 0 atom stereocenters. The van der Waals surface area contributed by atoms with Gasteiger partial charge in [0.1, 0.15) is 12.0 Å². The molecule has 3 aromatic rings. The quantitative estimate of drug-likeness (QED) is 0.273. The number of rotatable bonds is 6. The number of para-hydroxylation sites is 1. The molecule has 10 nitrogen and oxygen atoms in total. The van der Waals surface area contributed by atoms with Gasteiger partial charge in [-0.25, -0.2) is 13.4 Å². The number of nitrogens with one attached hydrogen (secondary N) is 1. The van der Waals surface area contributed by atoms with Crippen LogP contribution in [0.4, 0.5) is 0 Å². The van der Waals surface area contributed by atoms with Gasteiger partial charge in [-0.3, -0.25) is 4.99 Å². The zero-order chi connectivity index (χ0) is 21.7. The Kier molecular flexibility index (Phi) is 8.26. The van der Waals surface area contributed by atoms with Gasteiger partial charge in [0.2, 0.25) is 10.0 Å². The third kappa shape index (κ3) is 5.66. The van der Waals surface area contributed by atoms with E-state index in [0.717, 1.165) is 17.2 Å². The van der Waals surface area contributed by atoms with Gasteiger partial charge in [0.05, 0.1) is 17.7 Å². The fraction of sp³-hybridized carbons (Fsp3) is 0.350. The predicted molar refractivity (Wildman–Crippen MR) is 131 cm³/mol. The number of guanidine groups is 1. The molecule has 3 heterocycles. The maximum atomic E-state index is 12.6. The highest BCUT2D eigenvalue weighted by molar-refractivity contribution is 14.0. The Morgan fingerprint density at radius 3 is 2.62 bits per heavy atom. The highest BCUT2D eigenvalue weighted by Crippen LogP contribution is 2.15. The average molecular weight is 571 g/mol. The normalized spacial score (nSPS) is 15.4. The molecule has 0 spiro atoms. The summed E-state index contributed by atoms with van der Waals surface area (Å²) >= 11 is 0.